The molecular formula is C19H27IN6S. The van der Waals surface area contributed by atoms with Crippen LogP contribution in [-0.2, 0) is 6.54 Å². The maximum absolute atomic E-state index is 4.62. The fourth-order valence-corrected chi connectivity index (χ4v) is 4.55. The number of aryl methyl sites for hydroxylation is 1. The second kappa shape index (κ2) is 9.29. The molecule has 146 valence electrons. The number of piperidine rings is 1. The van der Waals surface area contributed by atoms with Crippen LogP contribution in [0.3, 0.4) is 0 Å². The number of nitrogens with one attached hydrogen (secondary N) is 1. The van der Waals surface area contributed by atoms with Crippen molar-refractivity contribution in [2.75, 3.05) is 18.4 Å². The van der Waals surface area contributed by atoms with E-state index in [4.69, 9.17) is 0 Å². The van der Waals surface area contributed by atoms with Gasteiger partial charge in [-0.05, 0) is 72.4 Å². The highest BCUT2D eigenvalue weighted by atomic mass is 127. The lowest BCUT2D eigenvalue weighted by molar-refractivity contribution is 0.175. The van der Waals surface area contributed by atoms with Gasteiger partial charge in [0.15, 0.2) is 11.5 Å². The normalized spacial score (nSPS) is 17.6. The highest BCUT2D eigenvalue weighted by Crippen LogP contribution is 2.26. The van der Waals surface area contributed by atoms with Crippen molar-refractivity contribution in [2.45, 2.75) is 47.1 Å². The maximum atomic E-state index is 4.62. The van der Waals surface area contributed by atoms with Gasteiger partial charge in [0.25, 0.3) is 0 Å². The van der Waals surface area contributed by atoms with Crippen LogP contribution >= 0.6 is 34.1 Å². The third-order valence-electron chi connectivity index (χ3n) is 4.49. The van der Waals surface area contributed by atoms with Gasteiger partial charge in [-0.15, -0.1) is 0 Å². The minimum absolute atomic E-state index is 0.782. The van der Waals surface area contributed by atoms with Gasteiger partial charge in [0.2, 0.25) is 0 Å². The van der Waals surface area contributed by atoms with Crippen LogP contribution in [0.2, 0.25) is 0 Å². The first kappa shape index (κ1) is 20.5. The van der Waals surface area contributed by atoms with Crippen LogP contribution in [0.15, 0.2) is 18.5 Å². The van der Waals surface area contributed by atoms with E-state index in [0.29, 0.717) is 0 Å². The molecule has 0 spiro atoms. The van der Waals surface area contributed by atoms with Crippen molar-refractivity contribution < 1.29 is 0 Å². The Balaban J connectivity index is 0.00000102. The monoisotopic (exact) mass is 498 g/mol. The Labute approximate surface area is 178 Å². The van der Waals surface area contributed by atoms with Crippen LogP contribution < -0.4 is 5.32 Å². The highest BCUT2D eigenvalue weighted by Gasteiger charge is 2.18. The topological polar surface area (TPSA) is 58.4 Å². The largest absolute Gasteiger partial charge is 0.328 e. The van der Waals surface area contributed by atoms with Gasteiger partial charge in [-0.1, -0.05) is 20.8 Å². The zero-order valence-electron chi connectivity index (χ0n) is 16.4. The van der Waals surface area contributed by atoms with Gasteiger partial charge in [-0.25, -0.2) is 9.97 Å². The molecule has 27 heavy (non-hydrogen) atoms. The number of hydrogen-bond donors (Lipinski definition) is 1. The minimum Gasteiger partial charge on any atom is -0.328 e. The van der Waals surface area contributed by atoms with E-state index in [1.165, 1.54) is 37.5 Å². The Morgan fingerprint density at radius 3 is 2.96 bits per heavy atom. The summed E-state index contributed by atoms with van der Waals surface area (Å²) in [6, 6.07) is 2.14. The predicted octanol–water partition coefficient (Wildman–Crippen LogP) is 5.10. The third-order valence-corrected chi connectivity index (χ3v) is 6.04. The summed E-state index contributed by atoms with van der Waals surface area (Å²) in [6.45, 7) is 11.6. The smallest absolute Gasteiger partial charge is 0.181 e. The Bertz CT molecular complexity index is 890. The number of hydrogen-bond acceptors (Lipinski definition) is 6. The molecule has 0 aromatic carbocycles. The Morgan fingerprint density at radius 2 is 2.19 bits per heavy atom. The molecule has 1 atom stereocenters. The zero-order chi connectivity index (χ0) is 19.4. The Kier molecular flexibility index (Phi) is 7.04. The van der Waals surface area contributed by atoms with Gasteiger partial charge in [-0.2, -0.15) is 4.37 Å². The lowest BCUT2D eigenvalue weighted by Crippen LogP contribution is -2.33. The van der Waals surface area contributed by atoms with Crippen molar-refractivity contribution in [2.24, 2.45) is 5.92 Å². The Hall–Kier alpha value is -1.26. The molecular weight excluding hydrogens is 471 g/mol. The van der Waals surface area contributed by atoms with E-state index in [1.54, 1.807) is 0 Å². The SMILES string of the molecule is CC.Cc1cn2c(I)cnc2c(Nc2cc(CN3CCCC(C)C3)ns2)n1. The summed E-state index contributed by atoms with van der Waals surface area (Å²) in [7, 11) is 0. The number of imidazole rings is 1. The molecule has 0 bridgehead atoms. The summed E-state index contributed by atoms with van der Waals surface area (Å²) in [6.07, 6.45) is 6.50. The van der Waals surface area contributed by atoms with E-state index in [1.807, 2.05) is 33.2 Å². The van der Waals surface area contributed by atoms with E-state index in [0.717, 1.165) is 44.0 Å². The molecule has 4 heterocycles. The molecule has 6 nitrogen and oxygen atoms in total. The second-order valence-electron chi connectivity index (χ2n) is 6.80. The van der Waals surface area contributed by atoms with Crippen molar-refractivity contribution in [3.05, 3.63) is 33.5 Å². The average Bonchev–Trinajstić information content (AvgIpc) is 3.24. The van der Waals surface area contributed by atoms with Gasteiger partial charge in [0, 0.05) is 19.3 Å². The highest BCUT2D eigenvalue weighted by molar-refractivity contribution is 14.1. The number of likely N-dealkylation sites (tertiary alicyclic amines) is 1. The molecule has 0 radical (unpaired) electrons. The van der Waals surface area contributed by atoms with Gasteiger partial charge < -0.3 is 5.32 Å². The summed E-state index contributed by atoms with van der Waals surface area (Å²) < 4.78 is 7.75. The summed E-state index contributed by atoms with van der Waals surface area (Å²) in [4.78, 5) is 11.6. The molecule has 1 N–H and O–H groups in total. The number of nitrogens with zero attached hydrogens (tertiary/aromatic N) is 5. The Morgan fingerprint density at radius 1 is 1.37 bits per heavy atom. The number of fused-ring (bicyclic) bond motifs is 1. The molecule has 4 rings (SSSR count). The quantitative estimate of drug-likeness (QED) is 0.508. The first-order chi connectivity index (χ1) is 13.1. The summed E-state index contributed by atoms with van der Waals surface area (Å²) >= 11 is 3.77. The van der Waals surface area contributed by atoms with Crippen LogP contribution in [0.1, 0.15) is 45.0 Å². The summed E-state index contributed by atoms with van der Waals surface area (Å²) in [5.74, 6) is 1.57. The van der Waals surface area contributed by atoms with E-state index in [-0.39, 0.29) is 0 Å². The number of aromatic nitrogens is 4. The minimum atomic E-state index is 0.782. The molecule has 0 amide bonds. The van der Waals surface area contributed by atoms with Crippen LogP contribution in [0.5, 0.6) is 0 Å². The van der Waals surface area contributed by atoms with E-state index < -0.39 is 0 Å². The lowest BCUT2D eigenvalue weighted by Gasteiger charge is -2.30. The van der Waals surface area contributed by atoms with Crippen LogP contribution in [-0.4, -0.2) is 36.7 Å². The van der Waals surface area contributed by atoms with Gasteiger partial charge in [0.1, 0.15) is 8.70 Å². The number of anilines is 2. The molecule has 1 aliphatic heterocycles. The molecule has 0 saturated carbocycles. The number of halogens is 1. The van der Waals surface area contributed by atoms with Crippen molar-refractivity contribution in [3.8, 4) is 0 Å². The van der Waals surface area contributed by atoms with Crippen molar-refractivity contribution in [3.63, 3.8) is 0 Å². The van der Waals surface area contributed by atoms with Crippen LogP contribution in [0.4, 0.5) is 10.8 Å². The first-order valence-electron chi connectivity index (χ1n) is 9.53. The van der Waals surface area contributed by atoms with E-state index >= 15 is 0 Å². The van der Waals surface area contributed by atoms with E-state index in [9.17, 15) is 0 Å². The van der Waals surface area contributed by atoms with Crippen LogP contribution in [0.25, 0.3) is 5.65 Å². The van der Waals surface area contributed by atoms with Crippen molar-refractivity contribution in [1.82, 2.24) is 23.6 Å². The molecule has 0 aliphatic carbocycles. The number of rotatable bonds is 4. The second-order valence-corrected chi connectivity index (χ2v) is 8.71. The van der Waals surface area contributed by atoms with Gasteiger partial charge in [0.05, 0.1) is 17.6 Å². The fourth-order valence-electron chi connectivity index (χ4n) is 3.39. The van der Waals surface area contributed by atoms with Gasteiger partial charge in [-0.3, -0.25) is 9.30 Å². The predicted molar refractivity (Wildman–Crippen MR) is 121 cm³/mol. The van der Waals surface area contributed by atoms with Crippen molar-refractivity contribution in [1.29, 1.82) is 0 Å². The standard InChI is InChI=1S/C17H21IN6S.C2H6/c1-11-4-3-5-23(8-11)10-13-6-15(25-22-13)21-16-17-19-7-14(18)24(17)9-12(2)20-16;1-2/h6-7,9,11H,3-5,8,10H2,1-2H3,(H,20,21);1-2H3. The van der Waals surface area contributed by atoms with Crippen molar-refractivity contribution >= 4 is 50.6 Å². The zero-order valence-corrected chi connectivity index (χ0v) is 19.3. The fraction of sp³-hybridized carbons (Fsp3) is 0.526. The summed E-state index contributed by atoms with van der Waals surface area (Å²) in [5, 5.41) is 4.42. The molecule has 8 heteroatoms. The van der Waals surface area contributed by atoms with E-state index in [2.05, 4.69) is 64.5 Å². The molecule has 1 aliphatic rings. The van der Waals surface area contributed by atoms with Gasteiger partial charge >= 0.3 is 0 Å². The molecule has 1 unspecified atom stereocenters. The third kappa shape index (κ3) is 4.97. The van der Waals surface area contributed by atoms with Crippen LogP contribution in [0, 0.1) is 16.5 Å². The summed E-state index contributed by atoms with van der Waals surface area (Å²) in [5.41, 5.74) is 2.93. The molecule has 3 aromatic rings. The molecule has 1 saturated heterocycles. The molecule has 1 fully saturated rings. The lowest BCUT2D eigenvalue weighted by atomic mass is 10.0. The average molecular weight is 498 g/mol. The molecule has 3 aromatic heterocycles. The maximum Gasteiger partial charge on any atom is 0.181 e. The first-order valence-corrected chi connectivity index (χ1v) is 11.4.